The Morgan fingerprint density at radius 1 is 1.13 bits per heavy atom. The quantitative estimate of drug-likeness (QED) is 0.833. The minimum absolute atomic E-state index is 0.0717. The molecule has 0 spiro atoms. The van der Waals surface area contributed by atoms with Crippen molar-refractivity contribution in [2.24, 2.45) is 0 Å². The molecule has 1 fully saturated rings. The van der Waals surface area contributed by atoms with Crippen LogP contribution in [-0.4, -0.2) is 17.9 Å². The number of halogens is 2. The molecular weight excluding hydrogens is 296 g/mol. The van der Waals surface area contributed by atoms with Gasteiger partial charge in [0.25, 0.3) is 0 Å². The molecule has 2 nitrogen and oxygen atoms in total. The Kier molecular flexibility index (Phi) is 4.16. The summed E-state index contributed by atoms with van der Waals surface area (Å²) in [6.07, 6.45) is 2.35. The molecule has 0 heterocycles. The molecule has 0 saturated heterocycles. The highest BCUT2D eigenvalue weighted by Crippen LogP contribution is 2.45. The zero-order valence-electron chi connectivity index (χ0n) is 13.1. The summed E-state index contributed by atoms with van der Waals surface area (Å²) in [5, 5.41) is 0. The number of rotatable bonds is 4. The molecule has 0 radical (unpaired) electrons. The van der Waals surface area contributed by atoms with Crippen LogP contribution >= 0.6 is 0 Å². The Morgan fingerprint density at radius 2 is 1.87 bits per heavy atom. The van der Waals surface area contributed by atoms with Crippen LogP contribution in [0.4, 0.5) is 8.78 Å². The van der Waals surface area contributed by atoms with E-state index in [0.717, 1.165) is 6.42 Å². The molecule has 0 aromatic heterocycles. The number of nitrogens with zero attached hydrogens (tertiary/aromatic N) is 1. The van der Waals surface area contributed by atoms with Gasteiger partial charge in [0.1, 0.15) is 11.6 Å². The number of carbonyl (C=O) groups excluding carboxylic acids is 1. The topological polar surface area (TPSA) is 20.3 Å². The van der Waals surface area contributed by atoms with Gasteiger partial charge in [-0.25, -0.2) is 8.78 Å². The van der Waals surface area contributed by atoms with Crippen molar-refractivity contribution in [3.63, 3.8) is 0 Å². The predicted molar refractivity (Wildman–Crippen MR) is 84.8 cm³/mol. The maximum Gasteiger partial charge on any atom is 0.233 e. The molecule has 0 unspecified atom stereocenters. The van der Waals surface area contributed by atoms with Crippen molar-refractivity contribution < 1.29 is 13.6 Å². The van der Waals surface area contributed by atoms with E-state index in [4.69, 9.17) is 0 Å². The molecule has 0 aliphatic heterocycles. The van der Waals surface area contributed by atoms with Gasteiger partial charge in [-0.1, -0.05) is 36.8 Å². The highest BCUT2D eigenvalue weighted by Gasteiger charge is 2.47. The van der Waals surface area contributed by atoms with E-state index in [-0.39, 0.29) is 24.1 Å². The molecule has 1 aliphatic rings. The highest BCUT2D eigenvalue weighted by molar-refractivity contribution is 5.89. The second-order valence-corrected chi connectivity index (χ2v) is 6.20. The van der Waals surface area contributed by atoms with Crippen LogP contribution in [0.1, 0.15) is 30.4 Å². The Hall–Kier alpha value is -2.23. The van der Waals surface area contributed by atoms with E-state index < -0.39 is 5.41 Å². The predicted octanol–water partition coefficient (Wildman–Crippen LogP) is 4.05. The van der Waals surface area contributed by atoms with Crippen molar-refractivity contribution in [1.82, 2.24) is 4.90 Å². The molecule has 1 aliphatic carbocycles. The number of likely N-dealkylation sites (N-methyl/N-ethyl adjacent to an activating group) is 1. The number of amides is 1. The van der Waals surface area contributed by atoms with Crippen LogP contribution in [0.3, 0.4) is 0 Å². The van der Waals surface area contributed by atoms with Crippen LogP contribution in [0.15, 0.2) is 48.5 Å². The maximum atomic E-state index is 13.8. The third-order valence-corrected chi connectivity index (χ3v) is 4.71. The summed E-state index contributed by atoms with van der Waals surface area (Å²) in [5.74, 6) is -0.725. The van der Waals surface area contributed by atoms with Gasteiger partial charge in [0, 0.05) is 19.2 Å². The van der Waals surface area contributed by atoms with E-state index >= 15 is 0 Å². The summed E-state index contributed by atoms with van der Waals surface area (Å²) in [5.41, 5.74) is 0.536. The molecule has 1 amide bonds. The van der Waals surface area contributed by atoms with Crippen LogP contribution in [0.2, 0.25) is 0 Å². The smallest absolute Gasteiger partial charge is 0.233 e. The molecule has 1 saturated carbocycles. The van der Waals surface area contributed by atoms with Gasteiger partial charge in [-0.05, 0) is 36.6 Å². The SMILES string of the molecule is CN(Cc1ccccc1F)C(=O)C1(c2cccc(F)c2)CCC1. The average Bonchev–Trinajstić information content (AvgIpc) is 2.48. The Morgan fingerprint density at radius 3 is 2.48 bits per heavy atom. The molecule has 23 heavy (non-hydrogen) atoms. The summed E-state index contributed by atoms with van der Waals surface area (Å²) in [6.45, 7) is 0.211. The lowest BCUT2D eigenvalue weighted by Gasteiger charge is -2.43. The van der Waals surface area contributed by atoms with Crippen molar-refractivity contribution in [2.45, 2.75) is 31.2 Å². The van der Waals surface area contributed by atoms with Crippen molar-refractivity contribution in [2.75, 3.05) is 7.05 Å². The lowest BCUT2D eigenvalue weighted by atomic mass is 9.63. The Bertz CT molecular complexity index is 725. The summed E-state index contributed by atoms with van der Waals surface area (Å²) in [6, 6.07) is 12.7. The molecule has 4 heteroatoms. The first-order chi connectivity index (χ1) is 11.0. The molecule has 2 aromatic rings. The number of hydrogen-bond donors (Lipinski definition) is 0. The second-order valence-electron chi connectivity index (χ2n) is 6.20. The van der Waals surface area contributed by atoms with E-state index in [1.54, 1.807) is 42.3 Å². The average molecular weight is 315 g/mol. The molecule has 0 N–H and O–H groups in total. The fourth-order valence-corrected chi connectivity index (χ4v) is 3.26. The van der Waals surface area contributed by atoms with E-state index in [1.165, 1.54) is 18.2 Å². The van der Waals surface area contributed by atoms with Gasteiger partial charge >= 0.3 is 0 Å². The fourth-order valence-electron chi connectivity index (χ4n) is 3.26. The van der Waals surface area contributed by atoms with Gasteiger partial charge in [-0.15, -0.1) is 0 Å². The highest BCUT2D eigenvalue weighted by atomic mass is 19.1. The summed E-state index contributed by atoms with van der Waals surface area (Å²) in [4.78, 5) is 14.5. The third-order valence-electron chi connectivity index (χ3n) is 4.71. The van der Waals surface area contributed by atoms with Crippen LogP contribution in [-0.2, 0) is 16.8 Å². The molecule has 0 bridgehead atoms. The lowest BCUT2D eigenvalue weighted by Crippen LogP contribution is -2.49. The molecule has 0 atom stereocenters. The third kappa shape index (κ3) is 2.85. The maximum absolute atomic E-state index is 13.8. The summed E-state index contributed by atoms with van der Waals surface area (Å²) in [7, 11) is 1.67. The van der Waals surface area contributed by atoms with Gasteiger partial charge in [0.2, 0.25) is 5.91 Å². The van der Waals surface area contributed by atoms with Crippen molar-refractivity contribution in [1.29, 1.82) is 0 Å². The molecule has 3 rings (SSSR count). The van der Waals surface area contributed by atoms with Gasteiger partial charge < -0.3 is 4.90 Å². The molecule has 120 valence electrons. The van der Waals surface area contributed by atoms with Crippen LogP contribution in [0.5, 0.6) is 0 Å². The zero-order chi connectivity index (χ0) is 16.4. The second kappa shape index (κ2) is 6.11. The molecular formula is C19H19F2NO. The Labute approximate surface area is 134 Å². The zero-order valence-corrected chi connectivity index (χ0v) is 13.1. The van der Waals surface area contributed by atoms with Crippen molar-refractivity contribution in [3.8, 4) is 0 Å². The van der Waals surface area contributed by atoms with Crippen LogP contribution in [0.25, 0.3) is 0 Å². The van der Waals surface area contributed by atoms with Gasteiger partial charge in [0.15, 0.2) is 0 Å². The largest absolute Gasteiger partial charge is 0.341 e. The van der Waals surface area contributed by atoms with E-state index in [2.05, 4.69) is 0 Å². The minimum Gasteiger partial charge on any atom is -0.341 e. The van der Waals surface area contributed by atoms with Gasteiger partial charge in [0.05, 0.1) is 5.41 Å². The minimum atomic E-state index is -0.665. The number of carbonyl (C=O) groups is 1. The van der Waals surface area contributed by atoms with Crippen molar-refractivity contribution >= 4 is 5.91 Å². The monoisotopic (exact) mass is 315 g/mol. The van der Waals surface area contributed by atoms with Crippen LogP contribution < -0.4 is 0 Å². The molecule has 2 aromatic carbocycles. The van der Waals surface area contributed by atoms with Gasteiger partial charge in [-0.2, -0.15) is 0 Å². The first-order valence-electron chi connectivity index (χ1n) is 7.78. The first kappa shape index (κ1) is 15.7. The standard InChI is InChI=1S/C19H19F2NO/c1-22(13-14-6-2-3-9-17(14)21)18(23)19(10-5-11-19)15-7-4-8-16(20)12-15/h2-4,6-9,12H,5,10-11,13H2,1H3. The van der Waals surface area contributed by atoms with E-state index in [9.17, 15) is 13.6 Å². The Balaban J connectivity index is 1.84. The van der Waals surface area contributed by atoms with Gasteiger partial charge in [-0.3, -0.25) is 4.79 Å². The normalized spacial score (nSPS) is 15.8. The number of hydrogen-bond acceptors (Lipinski definition) is 1. The van der Waals surface area contributed by atoms with E-state index in [0.29, 0.717) is 24.0 Å². The number of benzene rings is 2. The van der Waals surface area contributed by atoms with Crippen LogP contribution in [0, 0.1) is 11.6 Å². The summed E-state index contributed by atoms with van der Waals surface area (Å²) < 4.78 is 27.3. The summed E-state index contributed by atoms with van der Waals surface area (Å²) >= 11 is 0. The lowest BCUT2D eigenvalue weighted by molar-refractivity contribution is -0.140. The first-order valence-corrected chi connectivity index (χ1v) is 7.78. The van der Waals surface area contributed by atoms with Crippen molar-refractivity contribution in [3.05, 3.63) is 71.3 Å². The fraction of sp³-hybridized carbons (Fsp3) is 0.316. The van der Waals surface area contributed by atoms with E-state index in [1.807, 2.05) is 0 Å².